The number of esters is 1. The molecule has 0 saturated heterocycles. The summed E-state index contributed by atoms with van der Waals surface area (Å²) in [5.74, 6) is -0.481. The summed E-state index contributed by atoms with van der Waals surface area (Å²) in [5.41, 5.74) is 2.11. The average Bonchev–Trinajstić information content (AvgIpc) is 3.10. The highest BCUT2D eigenvalue weighted by molar-refractivity contribution is 7.14. The molecule has 0 atom stereocenters. The van der Waals surface area contributed by atoms with E-state index >= 15 is 0 Å². The number of anilines is 1. The molecular formula is C20H21NO4S. The topological polar surface area (TPSA) is 63.7 Å². The summed E-state index contributed by atoms with van der Waals surface area (Å²) in [5, 5.41) is 0. The van der Waals surface area contributed by atoms with E-state index in [1.807, 2.05) is 25.1 Å². The molecule has 0 aliphatic carbocycles. The summed E-state index contributed by atoms with van der Waals surface area (Å²) >= 11 is 1.45. The van der Waals surface area contributed by atoms with Gasteiger partial charge < -0.3 is 9.64 Å². The first-order chi connectivity index (χ1) is 12.5. The number of aryl methyl sites for hydroxylation is 1. The van der Waals surface area contributed by atoms with Crippen molar-refractivity contribution in [2.45, 2.75) is 32.6 Å². The quantitative estimate of drug-likeness (QED) is 0.593. The van der Waals surface area contributed by atoms with Crippen molar-refractivity contribution >= 4 is 34.7 Å². The molecule has 0 bridgehead atoms. The van der Waals surface area contributed by atoms with Crippen molar-refractivity contribution in [1.29, 1.82) is 0 Å². The Balaban J connectivity index is 1.74. The molecule has 0 unspecified atom stereocenters. The molecule has 0 radical (unpaired) electrons. The van der Waals surface area contributed by atoms with Crippen LogP contribution in [0.2, 0.25) is 0 Å². The Morgan fingerprint density at radius 2 is 1.96 bits per heavy atom. The highest BCUT2D eigenvalue weighted by atomic mass is 32.1. The number of benzene rings is 1. The Morgan fingerprint density at radius 3 is 2.65 bits per heavy atom. The zero-order valence-electron chi connectivity index (χ0n) is 14.9. The maximum absolute atomic E-state index is 12.7. The van der Waals surface area contributed by atoms with Crippen LogP contribution in [0.3, 0.4) is 0 Å². The molecule has 0 saturated carbocycles. The van der Waals surface area contributed by atoms with Crippen LogP contribution in [0, 0.1) is 6.92 Å². The molecule has 0 spiro atoms. The van der Waals surface area contributed by atoms with Gasteiger partial charge in [-0.1, -0.05) is 6.07 Å². The fraction of sp³-hybridized carbons (Fsp3) is 0.350. The molecule has 1 aromatic heterocycles. The van der Waals surface area contributed by atoms with E-state index in [2.05, 4.69) is 0 Å². The van der Waals surface area contributed by atoms with Crippen LogP contribution in [0.4, 0.5) is 5.69 Å². The lowest BCUT2D eigenvalue weighted by molar-refractivity contribution is -0.118. The van der Waals surface area contributed by atoms with Crippen molar-refractivity contribution < 1.29 is 19.1 Å². The lowest BCUT2D eigenvalue weighted by atomic mass is 9.95. The van der Waals surface area contributed by atoms with Crippen molar-refractivity contribution in [3.05, 3.63) is 51.2 Å². The summed E-state index contributed by atoms with van der Waals surface area (Å²) in [6, 6.07) is 9.06. The molecule has 3 rings (SSSR count). The molecule has 1 aromatic carbocycles. The standard InChI is InChI=1S/C20H21NO4S/c1-13-8-10-18(26-13)17(22)9-11-19(23)21-12-4-6-14-15(20(24)25-2)5-3-7-16(14)21/h3,5,7-8,10H,4,6,9,11-12H2,1-2H3. The van der Waals surface area contributed by atoms with E-state index < -0.39 is 0 Å². The second-order valence-corrected chi connectivity index (χ2v) is 7.57. The molecule has 1 aliphatic rings. The van der Waals surface area contributed by atoms with Crippen molar-refractivity contribution in [2.24, 2.45) is 0 Å². The Labute approximate surface area is 156 Å². The third kappa shape index (κ3) is 3.70. The first-order valence-corrected chi connectivity index (χ1v) is 9.43. The number of carbonyl (C=O) groups is 3. The maximum atomic E-state index is 12.7. The van der Waals surface area contributed by atoms with Crippen LogP contribution < -0.4 is 4.90 Å². The molecule has 26 heavy (non-hydrogen) atoms. The van der Waals surface area contributed by atoms with Gasteiger partial charge in [-0.25, -0.2) is 4.79 Å². The number of fused-ring (bicyclic) bond motifs is 1. The molecule has 0 fully saturated rings. The van der Waals surface area contributed by atoms with Crippen molar-refractivity contribution in [2.75, 3.05) is 18.6 Å². The average molecular weight is 371 g/mol. The van der Waals surface area contributed by atoms with E-state index in [4.69, 9.17) is 4.74 Å². The van der Waals surface area contributed by atoms with Crippen molar-refractivity contribution in [3.8, 4) is 0 Å². The number of hydrogen-bond acceptors (Lipinski definition) is 5. The van der Waals surface area contributed by atoms with Gasteiger partial charge in [-0.3, -0.25) is 9.59 Å². The van der Waals surface area contributed by atoms with Crippen LogP contribution in [0.25, 0.3) is 0 Å². The first kappa shape index (κ1) is 18.3. The number of hydrogen-bond donors (Lipinski definition) is 0. The number of Topliss-reactive ketones (excluding diaryl/α,β-unsaturated/α-hetero) is 1. The molecule has 2 aromatic rings. The number of carbonyl (C=O) groups excluding carboxylic acids is 3. The normalized spacial score (nSPS) is 13.2. The lowest BCUT2D eigenvalue weighted by Crippen LogP contribution is -2.36. The second kappa shape index (κ2) is 7.83. The van der Waals surface area contributed by atoms with Crippen LogP contribution >= 0.6 is 11.3 Å². The molecule has 6 heteroatoms. The van der Waals surface area contributed by atoms with Gasteiger partial charge in [-0.05, 0) is 49.6 Å². The van der Waals surface area contributed by atoms with Crippen LogP contribution in [0.1, 0.15) is 49.7 Å². The molecule has 2 heterocycles. The number of thiophene rings is 1. The molecule has 5 nitrogen and oxygen atoms in total. The van der Waals surface area contributed by atoms with Crippen molar-refractivity contribution in [1.82, 2.24) is 0 Å². The fourth-order valence-electron chi connectivity index (χ4n) is 3.25. The fourth-order valence-corrected chi connectivity index (χ4v) is 4.08. The predicted molar refractivity (Wildman–Crippen MR) is 101 cm³/mol. The van der Waals surface area contributed by atoms with E-state index in [1.165, 1.54) is 18.4 Å². The number of ketones is 1. The van der Waals surface area contributed by atoms with Gasteiger partial charge in [0, 0.05) is 30.0 Å². The lowest BCUT2D eigenvalue weighted by Gasteiger charge is -2.30. The monoisotopic (exact) mass is 371 g/mol. The van der Waals surface area contributed by atoms with Gasteiger partial charge in [-0.15, -0.1) is 11.3 Å². The van der Waals surface area contributed by atoms with Crippen LogP contribution in [-0.2, 0) is 16.0 Å². The van der Waals surface area contributed by atoms with Gasteiger partial charge in [0.05, 0.1) is 17.6 Å². The second-order valence-electron chi connectivity index (χ2n) is 6.28. The number of methoxy groups -OCH3 is 1. The van der Waals surface area contributed by atoms with E-state index in [1.54, 1.807) is 17.0 Å². The Bertz CT molecular complexity index is 855. The summed E-state index contributed by atoms with van der Waals surface area (Å²) in [4.78, 5) is 40.4. The minimum Gasteiger partial charge on any atom is -0.465 e. The third-order valence-corrected chi connectivity index (χ3v) is 5.58. The van der Waals surface area contributed by atoms with Crippen LogP contribution in [0.15, 0.2) is 30.3 Å². The molecule has 1 aliphatic heterocycles. The number of ether oxygens (including phenoxy) is 1. The summed E-state index contributed by atoms with van der Waals surface area (Å²) in [7, 11) is 1.35. The van der Waals surface area contributed by atoms with E-state index in [0.29, 0.717) is 17.0 Å². The van der Waals surface area contributed by atoms with Crippen LogP contribution in [0.5, 0.6) is 0 Å². The van der Waals surface area contributed by atoms with Gasteiger partial charge in [0.1, 0.15) is 0 Å². The maximum Gasteiger partial charge on any atom is 0.338 e. The Kier molecular flexibility index (Phi) is 5.52. The number of nitrogens with zero attached hydrogens (tertiary/aromatic N) is 1. The Hall–Kier alpha value is -2.47. The summed E-state index contributed by atoms with van der Waals surface area (Å²) in [6.45, 7) is 2.55. The van der Waals surface area contributed by atoms with E-state index in [9.17, 15) is 14.4 Å². The van der Waals surface area contributed by atoms with E-state index in [-0.39, 0.29) is 30.5 Å². The molecule has 0 N–H and O–H groups in total. The highest BCUT2D eigenvalue weighted by Gasteiger charge is 2.26. The minimum absolute atomic E-state index is 0.00278. The molecule has 1 amide bonds. The molecular weight excluding hydrogens is 350 g/mol. The molecule has 136 valence electrons. The van der Waals surface area contributed by atoms with Gasteiger partial charge in [0.15, 0.2) is 5.78 Å². The van der Waals surface area contributed by atoms with Crippen molar-refractivity contribution in [3.63, 3.8) is 0 Å². The van der Waals surface area contributed by atoms with E-state index in [0.717, 1.165) is 29.0 Å². The largest absolute Gasteiger partial charge is 0.465 e. The predicted octanol–water partition coefficient (Wildman–Crippen LogP) is 3.79. The summed E-state index contributed by atoms with van der Waals surface area (Å²) < 4.78 is 4.84. The zero-order chi connectivity index (χ0) is 18.7. The van der Waals surface area contributed by atoms with Gasteiger partial charge in [-0.2, -0.15) is 0 Å². The Morgan fingerprint density at radius 1 is 1.15 bits per heavy atom. The minimum atomic E-state index is -0.389. The smallest absolute Gasteiger partial charge is 0.338 e. The highest BCUT2D eigenvalue weighted by Crippen LogP contribution is 2.31. The first-order valence-electron chi connectivity index (χ1n) is 8.61. The number of amides is 1. The third-order valence-electron chi connectivity index (χ3n) is 4.54. The van der Waals surface area contributed by atoms with Gasteiger partial charge >= 0.3 is 5.97 Å². The SMILES string of the molecule is COC(=O)c1cccc2c1CCCN2C(=O)CCC(=O)c1ccc(C)s1. The summed E-state index contributed by atoms with van der Waals surface area (Å²) in [6.07, 6.45) is 1.88. The number of rotatable bonds is 5. The van der Waals surface area contributed by atoms with Crippen LogP contribution in [-0.4, -0.2) is 31.3 Å². The van der Waals surface area contributed by atoms with Gasteiger partial charge in [0.2, 0.25) is 5.91 Å². The van der Waals surface area contributed by atoms with Gasteiger partial charge in [0.25, 0.3) is 0 Å². The zero-order valence-corrected chi connectivity index (χ0v) is 15.7.